The molecule has 1 aromatic carbocycles. The van der Waals surface area contributed by atoms with Gasteiger partial charge in [-0.25, -0.2) is 0 Å². The summed E-state index contributed by atoms with van der Waals surface area (Å²) in [6.07, 6.45) is 24.8. The number of carbonyl (C=O) groups is 1. The van der Waals surface area contributed by atoms with Crippen LogP contribution in [0, 0.1) is 23.7 Å². The van der Waals surface area contributed by atoms with Gasteiger partial charge in [0.2, 0.25) is 0 Å². The zero-order chi connectivity index (χ0) is 25.4. The fraction of sp³-hybridized carbons (Fsp3) is 0.788. The Morgan fingerprint density at radius 2 is 1.31 bits per heavy atom. The molecule has 2 aliphatic carbocycles. The van der Waals surface area contributed by atoms with E-state index >= 15 is 0 Å². The third-order valence-corrected chi connectivity index (χ3v) is 8.92. The van der Waals surface area contributed by atoms with Gasteiger partial charge in [0.1, 0.15) is 11.5 Å². The van der Waals surface area contributed by atoms with Gasteiger partial charge in [-0.05, 0) is 80.5 Å². The lowest BCUT2D eigenvalue weighted by atomic mass is 9.74. The number of esters is 1. The smallest absolute Gasteiger partial charge is 0.314 e. The van der Waals surface area contributed by atoms with E-state index in [1.54, 1.807) is 0 Å². The summed E-state index contributed by atoms with van der Waals surface area (Å²) < 4.78 is 11.7. The van der Waals surface area contributed by atoms with E-state index in [4.69, 9.17) is 9.47 Å². The minimum Gasteiger partial charge on any atom is -0.494 e. The highest BCUT2D eigenvalue weighted by Crippen LogP contribution is 2.37. The van der Waals surface area contributed by atoms with Gasteiger partial charge in [0, 0.05) is 0 Å². The first-order valence-electron chi connectivity index (χ1n) is 15.6. The summed E-state index contributed by atoms with van der Waals surface area (Å²) in [5.41, 5.74) is 0. The van der Waals surface area contributed by atoms with Gasteiger partial charge in [-0.3, -0.25) is 4.79 Å². The fourth-order valence-corrected chi connectivity index (χ4v) is 6.57. The summed E-state index contributed by atoms with van der Waals surface area (Å²) in [6, 6.07) is 7.67. The predicted octanol–water partition coefficient (Wildman–Crippen LogP) is 9.91. The summed E-state index contributed by atoms with van der Waals surface area (Å²) in [5, 5.41) is 0. The number of benzene rings is 1. The summed E-state index contributed by atoms with van der Waals surface area (Å²) >= 11 is 0. The standard InChI is InChI=1S/C33H54O3/c1-3-5-7-8-9-14-28-15-10-11-16-29(28)17-12-26-35-31-22-24-32(25-23-31)36-33(34)30-20-18-27(19-21-30)13-6-4-2/h22-25,27-30H,3-21,26H2,1-2H3. The lowest BCUT2D eigenvalue weighted by Crippen LogP contribution is -2.25. The second kappa shape index (κ2) is 17.1. The van der Waals surface area contributed by atoms with Gasteiger partial charge in [0.05, 0.1) is 12.5 Å². The van der Waals surface area contributed by atoms with E-state index in [0.717, 1.165) is 49.4 Å². The number of ether oxygens (including phenoxy) is 2. The normalized spacial score (nSPS) is 24.4. The van der Waals surface area contributed by atoms with Crippen molar-refractivity contribution in [2.75, 3.05) is 6.61 Å². The monoisotopic (exact) mass is 498 g/mol. The Labute approximate surface area is 222 Å². The first-order chi connectivity index (χ1) is 17.7. The van der Waals surface area contributed by atoms with Crippen LogP contribution in [0.5, 0.6) is 11.5 Å². The first-order valence-corrected chi connectivity index (χ1v) is 15.6. The molecule has 3 rings (SSSR count). The van der Waals surface area contributed by atoms with Crippen LogP contribution in [0.1, 0.15) is 136 Å². The molecule has 204 valence electrons. The van der Waals surface area contributed by atoms with E-state index in [9.17, 15) is 4.79 Å². The van der Waals surface area contributed by atoms with Crippen molar-refractivity contribution < 1.29 is 14.3 Å². The molecule has 1 aromatic rings. The molecule has 0 bridgehead atoms. The van der Waals surface area contributed by atoms with Gasteiger partial charge in [0.15, 0.2) is 0 Å². The highest BCUT2D eigenvalue weighted by molar-refractivity contribution is 5.75. The average molecular weight is 499 g/mol. The lowest BCUT2D eigenvalue weighted by molar-refractivity contribution is -0.140. The first kappa shape index (κ1) is 29.1. The van der Waals surface area contributed by atoms with Gasteiger partial charge in [-0.1, -0.05) is 97.3 Å². The van der Waals surface area contributed by atoms with Crippen molar-refractivity contribution in [3.63, 3.8) is 0 Å². The molecule has 2 fully saturated rings. The van der Waals surface area contributed by atoms with Crippen LogP contribution in [0.25, 0.3) is 0 Å². The zero-order valence-corrected chi connectivity index (χ0v) is 23.5. The summed E-state index contributed by atoms with van der Waals surface area (Å²) in [5.74, 6) is 4.19. The van der Waals surface area contributed by atoms with Crippen LogP contribution in [0.15, 0.2) is 24.3 Å². The van der Waals surface area contributed by atoms with Gasteiger partial charge < -0.3 is 9.47 Å². The summed E-state index contributed by atoms with van der Waals surface area (Å²) in [7, 11) is 0. The molecule has 0 amide bonds. The van der Waals surface area contributed by atoms with E-state index in [1.807, 2.05) is 24.3 Å². The largest absolute Gasteiger partial charge is 0.494 e. The topological polar surface area (TPSA) is 35.5 Å². The number of carbonyl (C=O) groups excluding carboxylic acids is 1. The van der Waals surface area contributed by atoms with E-state index in [1.165, 1.54) is 103 Å². The van der Waals surface area contributed by atoms with E-state index < -0.39 is 0 Å². The van der Waals surface area contributed by atoms with Gasteiger partial charge in [0.25, 0.3) is 0 Å². The Morgan fingerprint density at radius 1 is 0.694 bits per heavy atom. The van der Waals surface area contributed by atoms with Crippen LogP contribution in [0.4, 0.5) is 0 Å². The van der Waals surface area contributed by atoms with Gasteiger partial charge >= 0.3 is 5.97 Å². The van der Waals surface area contributed by atoms with Crippen molar-refractivity contribution in [3.05, 3.63) is 24.3 Å². The van der Waals surface area contributed by atoms with Gasteiger partial charge in [-0.2, -0.15) is 0 Å². The number of hydrogen-bond acceptors (Lipinski definition) is 3. The van der Waals surface area contributed by atoms with E-state index in [0.29, 0.717) is 5.75 Å². The number of rotatable bonds is 16. The van der Waals surface area contributed by atoms with Crippen LogP contribution >= 0.6 is 0 Å². The van der Waals surface area contributed by atoms with Crippen molar-refractivity contribution >= 4 is 5.97 Å². The Bertz CT molecular complexity index is 704. The molecular formula is C33H54O3. The maximum atomic E-state index is 12.6. The lowest BCUT2D eigenvalue weighted by Gasteiger charge is -2.31. The molecule has 2 unspecified atom stereocenters. The molecule has 2 saturated carbocycles. The van der Waals surface area contributed by atoms with Crippen molar-refractivity contribution in [1.82, 2.24) is 0 Å². The quantitative estimate of drug-likeness (QED) is 0.129. The molecule has 2 atom stereocenters. The zero-order valence-electron chi connectivity index (χ0n) is 23.5. The molecule has 0 heterocycles. The second-order valence-electron chi connectivity index (χ2n) is 11.8. The average Bonchev–Trinajstić information content (AvgIpc) is 2.91. The minimum absolute atomic E-state index is 0.0509. The molecule has 0 radical (unpaired) electrons. The number of hydrogen-bond donors (Lipinski definition) is 0. The molecule has 36 heavy (non-hydrogen) atoms. The third-order valence-electron chi connectivity index (χ3n) is 8.92. The Kier molecular flexibility index (Phi) is 13.8. The van der Waals surface area contributed by atoms with E-state index in [-0.39, 0.29) is 11.9 Å². The van der Waals surface area contributed by atoms with Crippen LogP contribution in [-0.4, -0.2) is 12.6 Å². The maximum absolute atomic E-state index is 12.6. The minimum atomic E-state index is -0.0509. The highest BCUT2D eigenvalue weighted by Gasteiger charge is 2.27. The number of unbranched alkanes of at least 4 members (excludes halogenated alkanes) is 5. The molecule has 0 aliphatic heterocycles. The molecule has 2 aliphatic rings. The van der Waals surface area contributed by atoms with Gasteiger partial charge in [-0.15, -0.1) is 0 Å². The Balaban J connectivity index is 1.31. The van der Waals surface area contributed by atoms with Crippen molar-refractivity contribution in [2.24, 2.45) is 23.7 Å². The summed E-state index contributed by atoms with van der Waals surface area (Å²) in [6.45, 7) is 5.33. The molecule has 3 nitrogen and oxygen atoms in total. The highest BCUT2D eigenvalue weighted by atomic mass is 16.5. The summed E-state index contributed by atoms with van der Waals surface area (Å²) in [4.78, 5) is 12.6. The van der Waals surface area contributed by atoms with E-state index in [2.05, 4.69) is 13.8 Å². The van der Waals surface area contributed by atoms with Crippen LogP contribution in [0.2, 0.25) is 0 Å². The molecule has 3 heteroatoms. The van der Waals surface area contributed by atoms with Crippen LogP contribution < -0.4 is 9.47 Å². The van der Waals surface area contributed by atoms with Crippen molar-refractivity contribution in [3.8, 4) is 11.5 Å². The van der Waals surface area contributed by atoms with Crippen molar-refractivity contribution in [2.45, 2.75) is 136 Å². The SMILES string of the molecule is CCCCCCCC1CCCCC1CCCOc1ccc(OC(=O)C2CCC(CCCC)CC2)cc1. The molecule has 0 aromatic heterocycles. The molecule has 0 spiro atoms. The fourth-order valence-electron chi connectivity index (χ4n) is 6.57. The molecule has 0 N–H and O–H groups in total. The molecule has 0 saturated heterocycles. The van der Waals surface area contributed by atoms with Crippen molar-refractivity contribution in [1.29, 1.82) is 0 Å². The third kappa shape index (κ3) is 10.5. The predicted molar refractivity (Wildman–Crippen MR) is 151 cm³/mol. The Hall–Kier alpha value is -1.51. The molecular weight excluding hydrogens is 444 g/mol. The second-order valence-corrected chi connectivity index (χ2v) is 11.8. The van der Waals surface area contributed by atoms with Crippen LogP contribution in [0.3, 0.4) is 0 Å². The Morgan fingerprint density at radius 3 is 1.97 bits per heavy atom. The van der Waals surface area contributed by atoms with Crippen LogP contribution in [-0.2, 0) is 4.79 Å². The maximum Gasteiger partial charge on any atom is 0.314 e.